The fourth-order valence-electron chi connectivity index (χ4n) is 2.72. The van der Waals surface area contributed by atoms with Crippen molar-refractivity contribution in [2.75, 3.05) is 5.32 Å². The first-order chi connectivity index (χ1) is 12.5. The maximum absolute atomic E-state index is 13.7. The van der Waals surface area contributed by atoms with E-state index in [2.05, 4.69) is 20.4 Å². The van der Waals surface area contributed by atoms with Crippen LogP contribution in [0.5, 0.6) is 0 Å². The molecule has 0 spiro atoms. The molecular weight excluding hydrogens is 357 g/mol. The molecule has 1 aromatic carbocycles. The van der Waals surface area contributed by atoms with Crippen molar-refractivity contribution in [1.82, 2.24) is 15.1 Å². The molecule has 0 atom stereocenters. The molecule has 1 saturated carbocycles. The minimum atomic E-state index is -0.577. The van der Waals surface area contributed by atoms with Crippen molar-refractivity contribution in [1.29, 1.82) is 0 Å². The Labute approximate surface area is 152 Å². The monoisotopic (exact) mass is 373 g/mol. The summed E-state index contributed by atoms with van der Waals surface area (Å²) in [6.07, 6.45) is 3.12. The van der Waals surface area contributed by atoms with E-state index in [1.807, 2.05) is 0 Å². The van der Waals surface area contributed by atoms with E-state index in [1.54, 1.807) is 11.4 Å². The predicted octanol–water partition coefficient (Wildman–Crippen LogP) is 2.85. The lowest BCUT2D eigenvalue weighted by Gasteiger charge is -2.34. The number of amides is 1. The number of rotatable bonds is 5. The van der Waals surface area contributed by atoms with E-state index in [1.165, 1.54) is 29.5 Å². The number of hydrogen-bond donors (Lipinski definition) is 2. The van der Waals surface area contributed by atoms with Crippen molar-refractivity contribution >= 4 is 22.4 Å². The molecule has 9 heteroatoms. The molecule has 4 rings (SSSR count). The van der Waals surface area contributed by atoms with Crippen LogP contribution in [-0.2, 0) is 12.0 Å². The number of thiazole rings is 1. The number of hydrogen-bond acceptors (Lipinski definition) is 7. The highest BCUT2D eigenvalue weighted by molar-refractivity contribution is 7.14. The summed E-state index contributed by atoms with van der Waals surface area (Å²) in [5.41, 5.74) is 6.36. The number of anilines is 1. The van der Waals surface area contributed by atoms with E-state index >= 15 is 0 Å². The van der Waals surface area contributed by atoms with Crippen molar-refractivity contribution in [3.05, 3.63) is 58.4 Å². The standard InChI is InChI=1S/C17H16FN5O2S/c18-12-5-2-1-4-11(12)14(24)22-16-20-10(9-26-16)8-13-21-15(23-25-13)17(19)6-3-7-17/h1-2,4-5,9H,3,6-8,19H2,(H,20,22,24). The van der Waals surface area contributed by atoms with Crippen molar-refractivity contribution in [2.24, 2.45) is 5.73 Å². The minimum absolute atomic E-state index is 0.0282. The Hall–Kier alpha value is -2.65. The summed E-state index contributed by atoms with van der Waals surface area (Å²) in [7, 11) is 0. The van der Waals surface area contributed by atoms with Gasteiger partial charge >= 0.3 is 0 Å². The Balaban J connectivity index is 1.42. The number of nitrogens with two attached hydrogens (primary N) is 1. The van der Waals surface area contributed by atoms with Crippen LogP contribution in [0.25, 0.3) is 0 Å². The molecule has 1 fully saturated rings. The molecule has 7 nitrogen and oxygen atoms in total. The lowest BCUT2D eigenvalue weighted by atomic mass is 9.77. The van der Waals surface area contributed by atoms with E-state index in [9.17, 15) is 9.18 Å². The molecule has 26 heavy (non-hydrogen) atoms. The summed E-state index contributed by atoms with van der Waals surface area (Å²) >= 11 is 1.25. The number of carbonyl (C=O) groups excluding carboxylic acids is 1. The lowest BCUT2D eigenvalue weighted by molar-refractivity contribution is 0.102. The summed E-state index contributed by atoms with van der Waals surface area (Å²) in [5, 5.41) is 8.72. The highest BCUT2D eigenvalue weighted by Crippen LogP contribution is 2.37. The van der Waals surface area contributed by atoms with Gasteiger partial charge in [-0.05, 0) is 31.4 Å². The second-order valence-electron chi connectivity index (χ2n) is 6.28. The topological polar surface area (TPSA) is 107 Å². The van der Waals surface area contributed by atoms with Gasteiger partial charge in [0.05, 0.1) is 23.2 Å². The van der Waals surface area contributed by atoms with Gasteiger partial charge < -0.3 is 10.3 Å². The third-order valence-electron chi connectivity index (χ3n) is 4.38. The van der Waals surface area contributed by atoms with Gasteiger partial charge in [0.2, 0.25) is 5.89 Å². The number of aromatic nitrogens is 3. The van der Waals surface area contributed by atoms with Gasteiger partial charge in [-0.3, -0.25) is 10.1 Å². The summed E-state index contributed by atoms with van der Waals surface area (Å²) < 4.78 is 18.9. The summed E-state index contributed by atoms with van der Waals surface area (Å²) in [6.45, 7) is 0. The Morgan fingerprint density at radius 1 is 1.35 bits per heavy atom. The summed E-state index contributed by atoms with van der Waals surface area (Å²) in [4.78, 5) is 20.8. The average Bonchev–Trinajstić information content (AvgIpc) is 3.23. The Bertz CT molecular complexity index is 950. The molecule has 2 heterocycles. The van der Waals surface area contributed by atoms with Crippen molar-refractivity contribution in [2.45, 2.75) is 31.2 Å². The third-order valence-corrected chi connectivity index (χ3v) is 5.19. The first-order valence-corrected chi connectivity index (χ1v) is 9.04. The van der Waals surface area contributed by atoms with Crippen molar-refractivity contribution < 1.29 is 13.7 Å². The van der Waals surface area contributed by atoms with Crippen LogP contribution in [0.4, 0.5) is 9.52 Å². The van der Waals surface area contributed by atoms with Crippen LogP contribution in [-0.4, -0.2) is 21.0 Å². The molecule has 0 unspecified atom stereocenters. The molecule has 3 N–H and O–H groups in total. The van der Waals surface area contributed by atoms with Crippen LogP contribution in [0.15, 0.2) is 34.2 Å². The molecule has 2 aromatic heterocycles. The molecule has 1 amide bonds. The average molecular weight is 373 g/mol. The molecule has 0 radical (unpaired) electrons. The smallest absolute Gasteiger partial charge is 0.260 e. The van der Waals surface area contributed by atoms with Crippen LogP contribution in [0.2, 0.25) is 0 Å². The Kier molecular flexibility index (Phi) is 4.25. The molecule has 1 aliphatic carbocycles. The van der Waals surface area contributed by atoms with Gasteiger partial charge in [-0.2, -0.15) is 4.98 Å². The van der Waals surface area contributed by atoms with Gasteiger partial charge in [0.15, 0.2) is 11.0 Å². The van der Waals surface area contributed by atoms with Gasteiger partial charge in [0.1, 0.15) is 5.82 Å². The number of carbonyl (C=O) groups is 1. The zero-order chi connectivity index (χ0) is 18.1. The lowest BCUT2D eigenvalue weighted by Crippen LogP contribution is -2.44. The number of nitrogens with one attached hydrogen (secondary N) is 1. The van der Waals surface area contributed by atoms with E-state index in [4.69, 9.17) is 10.3 Å². The summed E-state index contributed by atoms with van der Waals surface area (Å²) in [6, 6.07) is 5.79. The van der Waals surface area contributed by atoms with Crippen LogP contribution >= 0.6 is 11.3 Å². The van der Waals surface area contributed by atoms with Crippen molar-refractivity contribution in [3.63, 3.8) is 0 Å². The second kappa shape index (κ2) is 6.58. The van der Waals surface area contributed by atoms with E-state index in [0.717, 1.165) is 19.3 Å². The van der Waals surface area contributed by atoms with Gasteiger partial charge in [0, 0.05) is 5.38 Å². The van der Waals surface area contributed by atoms with Gasteiger partial charge in [-0.1, -0.05) is 17.3 Å². The fraction of sp³-hybridized carbons (Fsp3) is 0.294. The minimum Gasteiger partial charge on any atom is -0.339 e. The second-order valence-corrected chi connectivity index (χ2v) is 7.13. The van der Waals surface area contributed by atoms with E-state index in [-0.39, 0.29) is 5.56 Å². The van der Waals surface area contributed by atoms with E-state index < -0.39 is 17.3 Å². The molecule has 1 aliphatic rings. The van der Waals surface area contributed by atoms with Gasteiger partial charge in [-0.15, -0.1) is 11.3 Å². The Morgan fingerprint density at radius 3 is 2.88 bits per heavy atom. The van der Waals surface area contributed by atoms with Crippen LogP contribution < -0.4 is 11.1 Å². The number of benzene rings is 1. The maximum Gasteiger partial charge on any atom is 0.260 e. The normalized spacial score (nSPS) is 15.5. The molecule has 0 bridgehead atoms. The Morgan fingerprint density at radius 2 is 2.15 bits per heavy atom. The first-order valence-electron chi connectivity index (χ1n) is 8.16. The quantitative estimate of drug-likeness (QED) is 0.712. The molecule has 0 saturated heterocycles. The highest BCUT2D eigenvalue weighted by Gasteiger charge is 2.39. The zero-order valence-corrected chi connectivity index (χ0v) is 14.6. The van der Waals surface area contributed by atoms with Gasteiger partial charge in [0.25, 0.3) is 5.91 Å². The number of halogens is 1. The molecule has 3 aromatic rings. The van der Waals surface area contributed by atoms with Crippen LogP contribution in [0.1, 0.15) is 47.0 Å². The first kappa shape index (κ1) is 16.8. The highest BCUT2D eigenvalue weighted by atomic mass is 32.1. The molecule has 134 valence electrons. The molecule has 0 aliphatic heterocycles. The largest absolute Gasteiger partial charge is 0.339 e. The summed E-state index contributed by atoms with van der Waals surface area (Å²) in [5.74, 6) is -0.165. The maximum atomic E-state index is 13.7. The predicted molar refractivity (Wildman–Crippen MR) is 93.3 cm³/mol. The molecular formula is C17H16FN5O2S. The SMILES string of the molecule is NC1(c2noc(Cc3csc(NC(=O)c4ccccc4F)n3)n2)CCC1. The van der Waals surface area contributed by atoms with E-state index in [0.29, 0.717) is 29.0 Å². The van der Waals surface area contributed by atoms with Crippen LogP contribution in [0.3, 0.4) is 0 Å². The zero-order valence-electron chi connectivity index (χ0n) is 13.7. The van der Waals surface area contributed by atoms with Crippen molar-refractivity contribution in [3.8, 4) is 0 Å². The fourth-order valence-corrected chi connectivity index (χ4v) is 3.43. The van der Waals surface area contributed by atoms with Crippen LogP contribution in [0, 0.1) is 5.82 Å². The third kappa shape index (κ3) is 3.23. The van der Waals surface area contributed by atoms with Gasteiger partial charge in [-0.25, -0.2) is 9.37 Å². The number of nitrogens with zero attached hydrogens (tertiary/aromatic N) is 3.